The molecule has 1 N–H and O–H groups in total. The topological polar surface area (TPSA) is 57.6 Å². The average molecular weight is 295 g/mol. The fraction of sp³-hybridized carbons (Fsp3) is 0.467. The van der Waals surface area contributed by atoms with E-state index >= 15 is 0 Å². The molecule has 0 aliphatic carbocycles. The molecule has 4 nitrogen and oxygen atoms in total. The number of carbonyl (C=O) groups is 2. The number of hydrogen-bond acceptors (Lipinski definition) is 3. The molecule has 0 saturated heterocycles. The first-order valence-electron chi connectivity index (χ1n) is 6.67. The van der Waals surface area contributed by atoms with E-state index in [2.05, 4.69) is 6.92 Å². The molecule has 1 rings (SSSR count). The highest BCUT2D eigenvalue weighted by atomic mass is 32.1. The number of nitrogens with zero attached hydrogens (tertiary/aromatic N) is 1. The molecule has 1 aromatic rings. The molecule has 0 aliphatic rings. The molecule has 5 heteroatoms. The number of amides is 1. The van der Waals surface area contributed by atoms with Crippen LogP contribution in [0.4, 0.5) is 0 Å². The van der Waals surface area contributed by atoms with Gasteiger partial charge in [0.05, 0.1) is 6.54 Å². The Labute approximate surface area is 123 Å². The van der Waals surface area contributed by atoms with Crippen molar-refractivity contribution in [3.8, 4) is 0 Å². The van der Waals surface area contributed by atoms with Crippen LogP contribution in [0.3, 0.4) is 0 Å². The van der Waals surface area contributed by atoms with Gasteiger partial charge in [-0.05, 0) is 29.5 Å². The van der Waals surface area contributed by atoms with Gasteiger partial charge in [0.2, 0.25) is 5.91 Å². The number of carboxylic acid groups (broad SMARTS) is 1. The molecule has 1 aromatic heterocycles. The van der Waals surface area contributed by atoms with E-state index in [-0.39, 0.29) is 11.8 Å². The Morgan fingerprint density at radius 2 is 2.20 bits per heavy atom. The van der Waals surface area contributed by atoms with Gasteiger partial charge < -0.3 is 10.0 Å². The first-order valence-corrected chi connectivity index (χ1v) is 7.55. The summed E-state index contributed by atoms with van der Waals surface area (Å²) in [6.45, 7) is 4.60. The van der Waals surface area contributed by atoms with Crippen molar-refractivity contribution in [3.63, 3.8) is 0 Å². The lowest BCUT2D eigenvalue weighted by molar-refractivity contribution is -0.134. The van der Waals surface area contributed by atoms with Gasteiger partial charge in [0.15, 0.2) is 0 Å². The summed E-state index contributed by atoms with van der Waals surface area (Å²) in [7, 11) is 1.81. The van der Waals surface area contributed by atoms with E-state index in [1.54, 1.807) is 18.0 Å². The van der Waals surface area contributed by atoms with Gasteiger partial charge in [0, 0.05) is 23.9 Å². The number of carbonyl (C=O) groups excluding carboxylic acids is 1. The van der Waals surface area contributed by atoms with E-state index in [0.29, 0.717) is 6.54 Å². The average Bonchev–Trinajstić information content (AvgIpc) is 2.83. The van der Waals surface area contributed by atoms with Crippen LogP contribution in [-0.2, 0) is 16.1 Å². The van der Waals surface area contributed by atoms with Crippen molar-refractivity contribution in [1.29, 1.82) is 0 Å². The number of rotatable bonds is 7. The quantitative estimate of drug-likeness (QED) is 0.786. The van der Waals surface area contributed by atoms with Gasteiger partial charge >= 0.3 is 5.97 Å². The Morgan fingerprint density at radius 1 is 1.50 bits per heavy atom. The Kier molecular flexibility index (Phi) is 6.45. The van der Waals surface area contributed by atoms with Crippen molar-refractivity contribution in [3.05, 3.63) is 28.0 Å². The molecule has 1 amide bonds. The van der Waals surface area contributed by atoms with Crippen LogP contribution in [0.5, 0.6) is 0 Å². The molecule has 20 heavy (non-hydrogen) atoms. The van der Waals surface area contributed by atoms with Crippen LogP contribution in [0, 0.1) is 5.92 Å². The third kappa shape index (κ3) is 5.17. The van der Waals surface area contributed by atoms with Crippen LogP contribution in [0.1, 0.15) is 37.1 Å². The number of hydrogen-bond donors (Lipinski definition) is 1. The third-order valence-electron chi connectivity index (χ3n) is 3.00. The fourth-order valence-corrected chi connectivity index (χ4v) is 2.89. The monoisotopic (exact) mass is 295 g/mol. The van der Waals surface area contributed by atoms with Crippen LogP contribution in [0.2, 0.25) is 0 Å². The Bertz CT molecular complexity index is 493. The lowest BCUT2D eigenvalue weighted by Crippen LogP contribution is -2.30. The highest BCUT2D eigenvalue weighted by molar-refractivity contribution is 7.10. The predicted octanol–water partition coefficient (Wildman–Crippen LogP) is 3.24. The van der Waals surface area contributed by atoms with Crippen LogP contribution in [0.15, 0.2) is 17.5 Å². The summed E-state index contributed by atoms with van der Waals surface area (Å²) in [5.74, 6) is -0.752. The summed E-state index contributed by atoms with van der Waals surface area (Å²) in [6.07, 6.45) is 4.58. The van der Waals surface area contributed by atoms with Crippen molar-refractivity contribution in [2.75, 3.05) is 7.05 Å². The van der Waals surface area contributed by atoms with Gasteiger partial charge in [0.25, 0.3) is 0 Å². The van der Waals surface area contributed by atoms with Crippen LogP contribution >= 0.6 is 11.3 Å². The van der Waals surface area contributed by atoms with Crippen LogP contribution in [0.25, 0.3) is 6.08 Å². The standard InChI is InChI=1S/C15H21NO3S/c1-4-5-11(2)15(19)16(3)9-13-8-12(10-20-13)6-7-14(17)18/h6-8,10-11H,4-5,9H2,1-3H3,(H,17,18). The van der Waals surface area contributed by atoms with Gasteiger partial charge in [-0.25, -0.2) is 4.79 Å². The van der Waals surface area contributed by atoms with Crippen molar-refractivity contribution in [2.45, 2.75) is 33.2 Å². The Hall–Kier alpha value is -1.62. The van der Waals surface area contributed by atoms with E-state index < -0.39 is 5.97 Å². The summed E-state index contributed by atoms with van der Waals surface area (Å²) < 4.78 is 0. The fourth-order valence-electron chi connectivity index (χ4n) is 1.98. The molecule has 0 aromatic carbocycles. The predicted molar refractivity (Wildman–Crippen MR) is 81.5 cm³/mol. The van der Waals surface area contributed by atoms with Gasteiger partial charge in [-0.3, -0.25) is 4.79 Å². The summed E-state index contributed by atoms with van der Waals surface area (Å²) >= 11 is 1.53. The summed E-state index contributed by atoms with van der Waals surface area (Å²) in [4.78, 5) is 25.3. The van der Waals surface area contributed by atoms with Gasteiger partial charge in [-0.15, -0.1) is 11.3 Å². The molecule has 1 heterocycles. The van der Waals surface area contributed by atoms with Crippen molar-refractivity contribution in [2.24, 2.45) is 5.92 Å². The highest BCUT2D eigenvalue weighted by Gasteiger charge is 2.17. The van der Waals surface area contributed by atoms with Crippen molar-refractivity contribution in [1.82, 2.24) is 4.90 Å². The Morgan fingerprint density at radius 3 is 2.80 bits per heavy atom. The molecule has 0 saturated carbocycles. The zero-order valence-electron chi connectivity index (χ0n) is 12.1. The van der Waals surface area contributed by atoms with E-state index in [1.807, 2.05) is 18.4 Å². The van der Waals surface area contributed by atoms with Gasteiger partial charge in [-0.1, -0.05) is 20.3 Å². The largest absolute Gasteiger partial charge is 0.478 e. The maximum Gasteiger partial charge on any atom is 0.328 e. The number of aliphatic carboxylic acids is 1. The van der Waals surface area contributed by atoms with Crippen LogP contribution < -0.4 is 0 Å². The van der Waals surface area contributed by atoms with E-state index in [1.165, 1.54) is 11.3 Å². The zero-order chi connectivity index (χ0) is 15.1. The maximum absolute atomic E-state index is 12.1. The number of thiophene rings is 1. The summed E-state index contributed by atoms with van der Waals surface area (Å²) in [5.41, 5.74) is 0.856. The lowest BCUT2D eigenvalue weighted by Gasteiger charge is -2.20. The van der Waals surface area contributed by atoms with E-state index in [9.17, 15) is 9.59 Å². The van der Waals surface area contributed by atoms with E-state index in [0.717, 1.165) is 29.4 Å². The SMILES string of the molecule is CCCC(C)C(=O)N(C)Cc1cc(C=CC(=O)O)cs1. The molecule has 1 atom stereocenters. The molecule has 1 unspecified atom stereocenters. The van der Waals surface area contributed by atoms with Gasteiger partial charge in [0.1, 0.15) is 0 Å². The maximum atomic E-state index is 12.1. The Balaban J connectivity index is 2.60. The zero-order valence-corrected chi connectivity index (χ0v) is 12.9. The third-order valence-corrected chi connectivity index (χ3v) is 3.94. The normalized spacial score (nSPS) is 12.6. The molecular weight excluding hydrogens is 274 g/mol. The van der Waals surface area contributed by atoms with Gasteiger partial charge in [-0.2, -0.15) is 0 Å². The molecule has 0 spiro atoms. The molecule has 110 valence electrons. The second-order valence-corrected chi connectivity index (χ2v) is 5.90. The minimum Gasteiger partial charge on any atom is -0.478 e. The summed E-state index contributed by atoms with van der Waals surface area (Å²) in [6, 6.07) is 1.92. The second kappa shape index (κ2) is 7.85. The van der Waals surface area contributed by atoms with E-state index in [4.69, 9.17) is 5.11 Å². The second-order valence-electron chi connectivity index (χ2n) is 4.90. The first kappa shape index (κ1) is 16.4. The summed E-state index contributed by atoms with van der Waals surface area (Å²) in [5, 5.41) is 10.5. The highest BCUT2D eigenvalue weighted by Crippen LogP contribution is 2.19. The molecular formula is C15H21NO3S. The molecule has 0 radical (unpaired) electrons. The minimum atomic E-state index is -0.960. The lowest BCUT2D eigenvalue weighted by atomic mass is 10.1. The number of carboxylic acids is 1. The molecule has 0 bridgehead atoms. The minimum absolute atomic E-state index is 0.0522. The molecule has 0 fully saturated rings. The molecule has 0 aliphatic heterocycles. The van der Waals surface area contributed by atoms with Crippen molar-refractivity contribution < 1.29 is 14.7 Å². The first-order chi connectivity index (χ1) is 9.43. The van der Waals surface area contributed by atoms with Crippen molar-refractivity contribution >= 4 is 29.3 Å². The van der Waals surface area contributed by atoms with Crippen LogP contribution in [-0.4, -0.2) is 28.9 Å². The smallest absolute Gasteiger partial charge is 0.328 e.